The number of aliphatic carboxylic acids is 1. The number of aryl methyl sites for hydroxylation is 1. The van der Waals surface area contributed by atoms with Crippen molar-refractivity contribution in [1.82, 2.24) is 0 Å². The molecule has 0 aliphatic heterocycles. The van der Waals surface area contributed by atoms with Gasteiger partial charge in [-0.2, -0.15) is 0 Å². The topological polar surface area (TPSA) is 108 Å². The summed E-state index contributed by atoms with van der Waals surface area (Å²) in [7, 11) is 0. The minimum absolute atomic E-state index is 0.0566. The Morgan fingerprint density at radius 2 is 1.89 bits per heavy atom. The van der Waals surface area contributed by atoms with Crippen molar-refractivity contribution in [2.45, 2.75) is 19.8 Å². The van der Waals surface area contributed by atoms with Gasteiger partial charge < -0.3 is 19.7 Å². The second kappa shape index (κ2) is 4.64. The minimum Gasteiger partial charge on any atom is -0.504 e. The summed E-state index contributed by atoms with van der Waals surface area (Å²) in [5.41, 5.74) is 0.330. The van der Waals surface area contributed by atoms with Gasteiger partial charge in [0.15, 0.2) is 11.5 Å². The van der Waals surface area contributed by atoms with Crippen molar-refractivity contribution in [3.05, 3.63) is 33.7 Å². The first-order chi connectivity index (χ1) is 8.90. The number of fused-ring (bicyclic) bond motifs is 1. The first kappa shape index (κ1) is 12.9. The highest BCUT2D eigenvalue weighted by atomic mass is 16.4. The molecule has 2 aromatic rings. The standard InChI is InChI=1S/C13H12O6/c1-6-7(2-3-12(16)17)13(18)19-11-5-10(15)9(14)4-8(6)11/h4-5,14-15H,2-3H2,1H3,(H,16,17). The fourth-order valence-corrected chi connectivity index (χ4v) is 1.93. The first-order valence-corrected chi connectivity index (χ1v) is 5.60. The molecule has 1 aromatic carbocycles. The molecule has 6 nitrogen and oxygen atoms in total. The van der Waals surface area contributed by atoms with E-state index in [1.807, 2.05) is 0 Å². The van der Waals surface area contributed by atoms with Gasteiger partial charge >= 0.3 is 11.6 Å². The molecular formula is C13H12O6. The van der Waals surface area contributed by atoms with Gasteiger partial charge in [-0.3, -0.25) is 4.79 Å². The van der Waals surface area contributed by atoms with E-state index < -0.39 is 11.6 Å². The van der Waals surface area contributed by atoms with Crippen molar-refractivity contribution in [2.24, 2.45) is 0 Å². The van der Waals surface area contributed by atoms with Crippen LogP contribution in [0.2, 0.25) is 0 Å². The molecule has 2 rings (SSSR count). The smallest absolute Gasteiger partial charge is 0.339 e. The summed E-state index contributed by atoms with van der Waals surface area (Å²) in [6, 6.07) is 2.44. The third-order valence-corrected chi connectivity index (χ3v) is 2.97. The Labute approximate surface area is 107 Å². The first-order valence-electron chi connectivity index (χ1n) is 5.60. The maximum Gasteiger partial charge on any atom is 0.339 e. The molecule has 100 valence electrons. The maximum atomic E-state index is 11.8. The molecule has 1 heterocycles. The van der Waals surface area contributed by atoms with E-state index in [0.717, 1.165) is 6.07 Å². The van der Waals surface area contributed by atoms with Crippen molar-refractivity contribution in [3.8, 4) is 11.5 Å². The summed E-state index contributed by atoms with van der Waals surface area (Å²) < 4.78 is 5.02. The monoisotopic (exact) mass is 264 g/mol. The van der Waals surface area contributed by atoms with Crippen LogP contribution in [0.3, 0.4) is 0 Å². The van der Waals surface area contributed by atoms with Crippen LogP contribution in [0.25, 0.3) is 11.0 Å². The van der Waals surface area contributed by atoms with Crippen LogP contribution in [0.5, 0.6) is 11.5 Å². The Hall–Kier alpha value is -2.50. The van der Waals surface area contributed by atoms with E-state index in [1.165, 1.54) is 6.07 Å². The minimum atomic E-state index is -1.01. The molecule has 3 N–H and O–H groups in total. The van der Waals surface area contributed by atoms with Gasteiger partial charge in [0.25, 0.3) is 0 Å². The Balaban J connectivity index is 2.64. The highest BCUT2D eigenvalue weighted by Gasteiger charge is 2.14. The molecule has 6 heteroatoms. The van der Waals surface area contributed by atoms with Crippen molar-refractivity contribution in [2.75, 3.05) is 0 Å². The number of benzene rings is 1. The normalized spacial score (nSPS) is 10.8. The van der Waals surface area contributed by atoms with Crippen LogP contribution in [0.1, 0.15) is 17.5 Å². The lowest BCUT2D eigenvalue weighted by molar-refractivity contribution is -0.136. The lowest BCUT2D eigenvalue weighted by Gasteiger charge is -2.07. The average Bonchev–Trinajstić information content (AvgIpc) is 2.31. The third kappa shape index (κ3) is 2.37. The van der Waals surface area contributed by atoms with Gasteiger partial charge in [-0.15, -0.1) is 0 Å². The van der Waals surface area contributed by atoms with Crippen LogP contribution in [-0.4, -0.2) is 21.3 Å². The lowest BCUT2D eigenvalue weighted by Crippen LogP contribution is -2.12. The molecule has 0 saturated heterocycles. The zero-order valence-corrected chi connectivity index (χ0v) is 10.1. The third-order valence-electron chi connectivity index (χ3n) is 2.97. The fraction of sp³-hybridized carbons (Fsp3) is 0.231. The summed E-state index contributed by atoms with van der Waals surface area (Å²) in [6.45, 7) is 1.65. The molecule has 0 radical (unpaired) electrons. The van der Waals surface area contributed by atoms with Crippen LogP contribution >= 0.6 is 0 Å². The van der Waals surface area contributed by atoms with Gasteiger partial charge in [0.1, 0.15) is 5.58 Å². The summed E-state index contributed by atoms with van der Waals surface area (Å²) in [5.74, 6) is -1.71. The van der Waals surface area contributed by atoms with Crippen molar-refractivity contribution in [3.63, 3.8) is 0 Å². The largest absolute Gasteiger partial charge is 0.504 e. The predicted molar refractivity (Wildman–Crippen MR) is 66.5 cm³/mol. The quantitative estimate of drug-likeness (QED) is 0.573. The summed E-state index contributed by atoms with van der Waals surface area (Å²) in [5, 5.41) is 27.9. The number of aromatic hydroxyl groups is 2. The molecule has 19 heavy (non-hydrogen) atoms. The molecule has 0 amide bonds. The van der Waals surface area contributed by atoms with Crippen LogP contribution in [-0.2, 0) is 11.2 Å². The second-order valence-electron chi connectivity index (χ2n) is 4.22. The molecule has 0 unspecified atom stereocenters. The SMILES string of the molecule is Cc1c(CCC(=O)O)c(=O)oc2cc(O)c(O)cc12. The Morgan fingerprint density at radius 3 is 2.53 bits per heavy atom. The Kier molecular flexibility index (Phi) is 3.16. The molecule has 0 atom stereocenters. The number of hydrogen-bond acceptors (Lipinski definition) is 5. The summed E-state index contributed by atoms with van der Waals surface area (Å²) >= 11 is 0. The fourth-order valence-electron chi connectivity index (χ4n) is 1.93. The van der Waals surface area contributed by atoms with E-state index in [0.29, 0.717) is 10.9 Å². The van der Waals surface area contributed by atoms with Gasteiger partial charge in [0.2, 0.25) is 0 Å². The van der Waals surface area contributed by atoms with Crippen LogP contribution in [0.15, 0.2) is 21.3 Å². The van der Waals surface area contributed by atoms with E-state index in [-0.39, 0.29) is 35.5 Å². The zero-order chi connectivity index (χ0) is 14.2. The van der Waals surface area contributed by atoms with Gasteiger partial charge in [0, 0.05) is 23.4 Å². The molecule has 0 aliphatic rings. The van der Waals surface area contributed by atoms with E-state index in [4.69, 9.17) is 9.52 Å². The van der Waals surface area contributed by atoms with Crippen LogP contribution < -0.4 is 5.63 Å². The van der Waals surface area contributed by atoms with E-state index >= 15 is 0 Å². The molecule has 1 aromatic heterocycles. The van der Waals surface area contributed by atoms with E-state index in [2.05, 4.69) is 0 Å². The van der Waals surface area contributed by atoms with Crippen molar-refractivity contribution < 1.29 is 24.5 Å². The highest BCUT2D eigenvalue weighted by Crippen LogP contribution is 2.31. The number of carboxylic acids is 1. The Bertz CT molecular complexity index is 713. The second-order valence-corrected chi connectivity index (χ2v) is 4.22. The number of carboxylic acid groups (broad SMARTS) is 1. The molecule has 0 saturated carbocycles. The molecular weight excluding hydrogens is 252 g/mol. The number of phenols is 2. The molecule has 0 aliphatic carbocycles. The highest BCUT2D eigenvalue weighted by molar-refractivity contribution is 5.84. The molecule has 0 fully saturated rings. The van der Waals surface area contributed by atoms with Crippen LogP contribution in [0, 0.1) is 6.92 Å². The number of rotatable bonds is 3. The van der Waals surface area contributed by atoms with Crippen molar-refractivity contribution in [1.29, 1.82) is 0 Å². The predicted octanol–water partition coefficient (Wildman–Crippen LogP) is 1.53. The molecule has 0 spiro atoms. The van der Waals surface area contributed by atoms with Gasteiger partial charge in [0.05, 0.1) is 0 Å². The van der Waals surface area contributed by atoms with Crippen molar-refractivity contribution >= 4 is 16.9 Å². The van der Waals surface area contributed by atoms with E-state index in [9.17, 15) is 19.8 Å². The Morgan fingerprint density at radius 1 is 1.26 bits per heavy atom. The maximum absolute atomic E-state index is 11.8. The summed E-state index contributed by atoms with van der Waals surface area (Å²) in [4.78, 5) is 22.3. The average molecular weight is 264 g/mol. The van der Waals surface area contributed by atoms with Gasteiger partial charge in [-0.25, -0.2) is 4.79 Å². The molecule has 0 bridgehead atoms. The number of phenolic OH excluding ortho intramolecular Hbond substituents is 2. The van der Waals surface area contributed by atoms with Crippen LogP contribution in [0.4, 0.5) is 0 Å². The number of carbonyl (C=O) groups is 1. The zero-order valence-electron chi connectivity index (χ0n) is 10.1. The summed E-state index contributed by atoms with van der Waals surface area (Å²) in [6.07, 6.45) is -0.123. The van der Waals surface area contributed by atoms with Gasteiger partial charge in [-0.05, 0) is 25.0 Å². The lowest BCUT2D eigenvalue weighted by atomic mass is 10.0. The number of hydrogen-bond donors (Lipinski definition) is 3. The van der Waals surface area contributed by atoms with Gasteiger partial charge in [-0.1, -0.05) is 0 Å². The van der Waals surface area contributed by atoms with E-state index in [1.54, 1.807) is 6.92 Å².